The fourth-order valence-corrected chi connectivity index (χ4v) is 5.85. The van der Waals surface area contributed by atoms with E-state index in [4.69, 9.17) is 4.74 Å². The van der Waals surface area contributed by atoms with Gasteiger partial charge in [-0.25, -0.2) is 0 Å². The SMILES string of the molecule is CC/C=C/C=C/C=C\C=C/C=C/CC(CC(=O)NC(CO)C(O)CCCCCCCCCCCC)OC(=O)CC/C=C/C/C=C\CCCCCCCC. The largest absolute Gasteiger partial charge is 0.461 e. The highest BCUT2D eigenvalue weighted by molar-refractivity contribution is 5.77. The molecule has 0 heterocycles. The predicted octanol–water partition coefficient (Wildman–Crippen LogP) is 12.1. The molecule has 53 heavy (non-hydrogen) atoms. The minimum Gasteiger partial charge on any atom is -0.461 e. The summed E-state index contributed by atoms with van der Waals surface area (Å²) >= 11 is 0. The highest BCUT2D eigenvalue weighted by Crippen LogP contribution is 2.14. The Labute approximate surface area is 325 Å². The molecule has 0 aliphatic rings. The minimum atomic E-state index is -0.827. The summed E-state index contributed by atoms with van der Waals surface area (Å²) < 4.78 is 5.76. The second-order valence-corrected chi connectivity index (χ2v) is 14.1. The average molecular weight is 738 g/mol. The van der Waals surface area contributed by atoms with Crippen LogP contribution in [0, 0.1) is 0 Å². The van der Waals surface area contributed by atoms with Crippen LogP contribution in [0.2, 0.25) is 0 Å². The number of allylic oxidation sites excluding steroid dienone is 13. The zero-order chi connectivity index (χ0) is 38.9. The van der Waals surface area contributed by atoms with Gasteiger partial charge in [-0.15, -0.1) is 0 Å². The first-order valence-electron chi connectivity index (χ1n) is 21.4. The number of ether oxygens (including phenoxy) is 1. The summed E-state index contributed by atoms with van der Waals surface area (Å²) in [6, 6.07) is -0.751. The molecule has 3 N–H and O–H groups in total. The van der Waals surface area contributed by atoms with Gasteiger partial charge in [0.15, 0.2) is 0 Å². The molecule has 0 aliphatic heterocycles. The number of hydrogen-bond acceptors (Lipinski definition) is 5. The first-order chi connectivity index (χ1) is 26.0. The molecule has 0 radical (unpaired) electrons. The zero-order valence-corrected chi connectivity index (χ0v) is 34.1. The lowest BCUT2D eigenvalue weighted by Gasteiger charge is -2.24. The molecule has 0 aromatic rings. The molecular formula is C47H79NO5. The number of aliphatic hydroxyl groups excluding tert-OH is 2. The van der Waals surface area contributed by atoms with E-state index in [1.165, 1.54) is 83.5 Å². The van der Waals surface area contributed by atoms with Gasteiger partial charge in [0, 0.05) is 12.8 Å². The van der Waals surface area contributed by atoms with Gasteiger partial charge < -0.3 is 20.3 Å². The Morgan fingerprint density at radius 3 is 1.68 bits per heavy atom. The van der Waals surface area contributed by atoms with E-state index >= 15 is 0 Å². The minimum absolute atomic E-state index is 0.0452. The van der Waals surface area contributed by atoms with Crippen LogP contribution >= 0.6 is 0 Å². The molecule has 3 atom stereocenters. The van der Waals surface area contributed by atoms with Gasteiger partial charge in [0.05, 0.1) is 25.2 Å². The van der Waals surface area contributed by atoms with Gasteiger partial charge in [-0.1, -0.05) is 202 Å². The number of unbranched alkanes of at least 4 members (excludes halogenated alkanes) is 15. The molecule has 0 aromatic heterocycles. The van der Waals surface area contributed by atoms with E-state index in [2.05, 4.69) is 50.4 Å². The normalized spacial score (nSPS) is 14.3. The fourth-order valence-electron chi connectivity index (χ4n) is 5.85. The zero-order valence-electron chi connectivity index (χ0n) is 34.1. The third kappa shape index (κ3) is 35.8. The molecular weight excluding hydrogens is 659 g/mol. The molecule has 3 unspecified atom stereocenters. The second kappa shape index (κ2) is 40.2. The smallest absolute Gasteiger partial charge is 0.306 e. The van der Waals surface area contributed by atoms with Crippen molar-refractivity contribution in [2.75, 3.05) is 6.61 Å². The van der Waals surface area contributed by atoms with Crippen molar-refractivity contribution in [1.29, 1.82) is 0 Å². The summed E-state index contributed by atoms with van der Waals surface area (Å²) in [6.45, 7) is 6.22. The van der Waals surface area contributed by atoms with E-state index < -0.39 is 18.2 Å². The van der Waals surface area contributed by atoms with Gasteiger partial charge in [-0.2, -0.15) is 0 Å². The van der Waals surface area contributed by atoms with E-state index in [0.717, 1.165) is 38.5 Å². The fraction of sp³-hybridized carbons (Fsp3) is 0.660. The van der Waals surface area contributed by atoms with Gasteiger partial charge >= 0.3 is 5.97 Å². The highest BCUT2D eigenvalue weighted by atomic mass is 16.5. The van der Waals surface area contributed by atoms with E-state index in [1.54, 1.807) is 0 Å². The number of carbonyl (C=O) groups is 2. The monoisotopic (exact) mass is 738 g/mol. The number of nitrogens with one attached hydrogen (secondary N) is 1. The Balaban J connectivity index is 4.86. The van der Waals surface area contributed by atoms with Crippen LogP contribution in [0.25, 0.3) is 0 Å². The van der Waals surface area contributed by atoms with Gasteiger partial charge in [-0.3, -0.25) is 9.59 Å². The Bertz CT molecular complexity index is 1050. The molecule has 0 saturated heterocycles. The Kier molecular flexibility index (Phi) is 38.0. The topological polar surface area (TPSA) is 95.9 Å². The van der Waals surface area contributed by atoms with Crippen molar-refractivity contribution < 1.29 is 24.5 Å². The third-order valence-electron chi connectivity index (χ3n) is 9.10. The van der Waals surface area contributed by atoms with Gasteiger partial charge in [0.2, 0.25) is 5.91 Å². The lowest BCUT2D eigenvalue weighted by Crippen LogP contribution is -2.46. The van der Waals surface area contributed by atoms with Crippen molar-refractivity contribution in [3.63, 3.8) is 0 Å². The second-order valence-electron chi connectivity index (χ2n) is 14.1. The molecule has 0 fully saturated rings. The number of carbonyl (C=O) groups excluding carboxylic acids is 2. The van der Waals surface area contributed by atoms with Crippen molar-refractivity contribution in [1.82, 2.24) is 5.32 Å². The number of esters is 1. The van der Waals surface area contributed by atoms with Crippen LogP contribution < -0.4 is 5.32 Å². The van der Waals surface area contributed by atoms with Crippen molar-refractivity contribution in [2.24, 2.45) is 0 Å². The maximum absolute atomic E-state index is 13.0. The molecule has 0 spiro atoms. The van der Waals surface area contributed by atoms with Gasteiger partial charge in [0.1, 0.15) is 6.10 Å². The van der Waals surface area contributed by atoms with Crippen molar-refractivity contribution in [2.45, 2.75) is 193 Å². The van der Waals surface area contributed by atoms with Crippen LogP contribution in [0.15, 0.2) is 85.1 Å². The Morgan fingerprint density at radius 2 is 1.11 bits per heavy atom. The lowest BCUT2D eigenvalue weighted by molar-refractivity contribution is -0.150. The molecule has 302 valence electrons. The summed E-state index contributed by atoms with van der Waals surface area (Å²) in [7, 11) is 0. The number of hydrogen-bond donors (Lipinski definition) is 3. The Morgan fingerprint density at radius 1 is 0.604 bits per heavy atom. The van der Waals surface area contributed by atoms with Crippen LogP contribution in [0.1, 0.15) is 175 Å². The average Bonchev–Trinajstić information content (AvgIpc) is 3.15. The quantitative estimate of drug-likeness (QED) is 0.0257. The molecule has 6 nitrogen and oxygen atoms in total. The first kappa shape index (κ1) is 50.0. The van der Waals surface area contributed by atoms with Crippen LogP contribution in [0.3, 0.4) is 0 Å². The number of amides is 1. The van der Waals surface area contributed by atoms with E-state index in [1.807, 2.05) is 60.8 Å². The summed E-state index contributed by atoms with van der Waals surface area (Å²) in [5, 5.41) is 23.5. The molecule has 0 rings (SSSR count). The maximum Gasteiger partial charge on any atom is 0.306 e. The highest BCUT2D eigenvalue weighted by Gasteiger charge is 2.23. The summed E-state index contributed by atoms with van der Waals surface area (Å²) in [5.41, 5.74) is 0. The van der Waals surface area contributed by atoms with Crippen LogP contribution in [0.4, 0.5) is 0 Å². The van der Waals surface area contributed by atoms with Crippen LogP contribution in [-0.2, 0) is 14.3 Å². The molecule has 6 heteroatoms. The van der Waals surface area contributed by atoms with E-state index in [9.17, 15) is 19.8 Å². The molecule has 0 aromatic carbocycles. The van der Waals surface area contributed by atoms with E-state index in [-0.39, 0.29) is 31.3 Å². The van der Waals surface area contributed by atoms with Crippen molar-refractivity contribution in [3.8, 4) is 0 Å². The summed E-state index contributed by atoms with van der Waals surface area (Å²) in [5.74, 6) is -0.700. The third-order valence-corrected chi connectivity index (χ3v) is 9.10. The van der Waals surface area contributed by atoms with Crippen molar-refractivity contribution >= 4 is 11.9 Å². The van der Waals surface area contributed by atoms with Crippen LogP contribution in [-0.4, -0.2) is 46.9 Å². The maximum atomic E-state index is 13.0. The molecule has 0 saturated carbocycles. The summed E-state index contributed by atoms with van der Waals surface area (Å²) in [6.07, 6.45) is 51.0. The predicted molar refractivity (Wildman–Crippen MR) is 227 cm³/mol. The van der Waals surface area contributed by atoms with Crippen LogP contribution in [0.5, 0.6) is 0 Å². The molecule has 0 bridgehead atoms. The molecule has 0 aliphatic carbocycles. The number of aliphatic hydroxyl groups is 2. The standard InChI is InChI=1S/C47H79NO5/c1-4-7-10-13-16-19-22-23-25-28-31-34-37-40-47(52)53-43(38-35-32-29-26-24-20-17-14-11-8-5-2)41-46(51)48-44(42-49)45(50)39-36-33-30-27-21-18-15-12-9-6-3/h8,11,14,17,20,23-26,29,31-32,34-35,43-45,49-50H,4-7,9-10,12-13,15-16,18-19,21-22,27-28,30,33,36-42H2,1-3H3,(H,48,51)/b11-8+,17-14+,24-20-,25-23-,29-26-,34-31+,35-32+. The van der Waals surface area contributed by atoms with Gasteiger partial charge in [-0.05, 0) is 38.5 Å². The van der Waals surface area contributed by atoms with Crippen molar-refractivity contribution in [3.05, 3.63) is 85.1 Å². The number of rotatable bonds is 36. The molecule has 1 amide bonds. The van der Waals surface area contributed by atoms with E-state index in [0.29, 0.717) is 19.3 Å². The lowest BCUT2D eigenvalue weighted by atomic mass is 10.0. The van der Waals surface area contributed by atoms with Gasteiger partial charge in [0.25, 0.3) is 0 Å². The summed E-state index contributed by atoms with van der Waals surface area (Å²) in [4.78, 5) is 25.8. The first-order valence-corrected chi connectivity index (χ1v) is 21.4. The Hall–Kier alpha value is -2.96.